The summed E-state index contributed by atoms with van der Waals surface area (Å²) in [4.78, 5) is 2.46. The van der Waals surface area contributed by atoms with Gasteiger partial charge < -0.3 is 10.2 Å². The molecule has 88 valence electrons. The highest BCUT2D eigenvalue weighted by Crippen LogP contribution is 2.26. The lowest BCUT2D eigenvalue weighted by molar-refractivity contribution is 0.159. The Hall–Kier alpha value is -0.150. The van der Waals surface area contributed by atoms with Gasteiger partial charge in [-0.1, -0.05) is 0 Å². The van der Waals surface area contributed by atoms with E-state index < -0.39 is 5.67 Å². The van der Waals surface area contributed by atoms with Crippen LogP contribution in [0.2, 0.25) is 0 Å². The van der Waals surface area contributed by atoms with Crippen LogP contribution in [0.1, 0.15) is 32.6 Å². The van der Waals surface area contributed by atoms with Crippen molar-refractivity contribution in [1.29, 1.82) is 0 Å². The first kappa shape index (κ1) is 11.3. The van der Waals surface area contributed by atoms with E-state index in [9.17, 15) is 4.39 Å². The molecule has 0 aromatic heterocycles. The average Bonchev–Trinajstić information content (AvgIpc) is 2.60. The third-order valence-electron chi connectivity index (χ3n) is 3.80. The molecule has 1 N–H and O–H groups in total. The second-order valence-electron chi connectivity index (χ2n) is 5.43. The normalized spacial score (nSPS) is 39.2. The Morgan fingerprint density at radius 1 is 1.40 bits per heavy atom. The molecule has 2 saturated heterocycles. The first-order valence-corrected chi connectivity index (χ1v) is 6.28. The van der Waals surface area contributed by atoms with Crippen LogP contribution in [-0.4, -0.2) is 43.3 Å². The summed E-state index contributed by atoms with van der Waals surface area (Å²) in [5, 5.41) is 3.39. The van der Waals surface area contributed by atoms with Crippen LogP contribution >= 0.6 is 0 Å². The second-order valence-corrected chi connectivity index (χ2v) is 5.43. The third-order valence-corrected chi connectivity index (χ3v) is 3.80. The molecule has 2 fully saturated rings. The fourth-order valence-corrected chi connectivity index (χ4v) is 2.72. The zero-order valence-electron chi connectivity index (χ0n) is 9.77. The van der Waals surface area contributed by atoms with Crippen LogP contribution in [0, 0.1) is 5.92 Å². The lowest BCUT2D eigenvalue weighted by atomic mass is 10.00. The van der Waals surface area contributed by atoms with E-state index in [0.29, 0.717) is 6.42 Å². The van der Waals surface area contributed by atoms with Crippen LogP contribution in [0.15, 0.2) is 0 Å². The molecular formula is C12H23FN2. The summed E-state index contributed by atoms with van der Waals surface area (Å²) in [7, 11) is 0. The highest BCUT2D eigenvalue weighted by atomic mass is 19.1. The maximum Gasteiger partial charge on any atom is 0.109 e. The molecule has 0 aromatic rings. The summed E-state index contributed by atoms with van der Waals surface area (Å²) in [6, 6.07) is 0. The van der Waals surface area contributed by atoms with Crippen LogP contribution in [0.5, 0.6) is 0 Å². The Kier molecular flexibility index (Phi) is 3.62. The van der Waals surface area contributed by atoms with Gasteiger partial charge in [0.15, 0.2) is 0 Å². The van der Waals surface area contributed by atoms with Gasteiger partial charge in [0, 0.05) is 13.1 Å². The van der Waals surface area contributed by atoms with Crippen molar-refractivity contribution in [2.24, 2.45) is 5.92 Å². The first-order chi connectivity index (χ1) is 7.16. The molecule has 0 aliphatic carbocycles. The minimum absolute atomic E-state index is 0.715. The monoisotopic (exact) mass is 214 g/mol. The van der Waals surface area contributed by atoms with E-state index in [4.69, 9.17) is 0 Å². The number of nitrogens with zero attached hydrogens (tertiary/aromatic N) is 1. The van der Waals surface area contributed by atoms with Crippen molar-refractivity contribution in [3.63, 3.8) is 0 Å². The third kappa shape index (κ3) is 3.42. The fraction of sp³-hybridized carbons (Fsp3) is 1.00. The van der Waals surface area contributed by atoms with Crippen LogP contribution in [0.25, 0.3) is 0 Å². The van der Waals surface area contributed by atoms with E-state index in [1.54, 1.807) is 6.92 Å². The number of alkyl halides is 1. The molecule has 2 rings (SSSR count). The summed E-state index contributed by atoms with van der Waals surface area (Å²) < 4.78 is 13.8. The van der Waals surface area contributed by atoms with Crippen molar-refractivity contribution >= 4 is 0 Å². The van der Waals surface area contributed by atoms with E-state index in [1.165, 1.54) is 19.5 Å². The Bertz CT molecular complexity index is 200. The Morgan fingerprint density at radius 3 is 3.00 bits per heavy atom. The minimum atomic E-state index is -0.914. The van der Waals surface area contributed by atoms with Gasteiger partial charge in [-0.15, -0.1) is 0 Å². The van der Waals surface area contributed by atoms with E-state index in [0.717, 1.165) is 38.4 Å². The molecule has 0 aromatic carbocycles. The maximum atomic E-state index is 13.8. The van der Waals surface area contributed by atoms with Gasteiger partial charge in [0.05, 0.1) is 0 Å². The number of likely N-dealkylation sites (tertiary alicyclic amines) is 1. The molecule has 2 heterocycles. The summed E-state index contributed by atoms with van der Waals surface area (Å²) in [6.07, 6.45) is 3.77. The SMILES string of the molecule is CC1(F)CCCN(CC2CCNC2)CC1. The predicted octanol–water partition coefficient (Wildman–Crippen LogP) is 1.81. The van der Waals surface area contributed by atoms with Gasteiger partial charge in [-0.25, -0.2) is 4.39 Å². The second kappa shape index (κ2) is 4.79. The Labute approximate surface area is 92.2 Å². The topological polar surface area (TPSA) is 15.3 Å². The van der Waals surface area contributed by atoms with Crippen LogP contribution in [-0.2, 0) is 0 Å². The average molecular weight is 214 g/mol. The molecule has 0 bridgehead atoms. The lowest BCUT2D eigenvalue weighted by Gasteiger charge is -2.23. The largest absolute Gasteiger partial charge is 0.316 e. The van der Waals surface area contributed by atoms with Crippen LogP contribution in [0.4, 0.5) is 4.39 Å². The van der Waals surface area contributed by atoms with Gasteiger partial charge in [-0.05, 0) is 58.2 Å². The van der Waals surface area contributed by atoms with Crippen molar-refractivity contribution < 1.29 is 4.39 Å². The minimum Gasteiger partial charge on any atom is -0.316 e. The number of nitrogens with one attached hydrogen (secondary N) is 1. The van der Waals surface area contributed by atoms with Crippen LogP contribution in [0.3, 0.4) is 0 Å². The van der Waals surface area contributed by atoms with E-state index >= 15 is 0 Å². The first-order valence-electron chi connectivity index (χ1n) is 6.28. The molecule has 2 aliphatic heterocycles. The maximum absolute atomic E-state index is 13.8. The van der Waals surface area contributed by atoms with Gasteiger partial charge in [-0.2, -0.15) is 0 Å². The van der Waals surface area contributed by atoms with E-state index in [2.05, 4.69) is 10.2 Å². The molecular weight excluding hydrogens is 191 g/mol. The zero-order chi connectivity index (χ0) is 10.7. The Morgan fingerprint density at radius 2 is 2.27 bits per heavy atom. The fourth-order valence-electron chi connectivity index (χ4n) is 2.72. The summed E-state index contributed by atoms with van der Waals surface area (Å²) in [5.41, 5.74) is -0.914. The molecule has 0 saturated carbocycles. The Balaban J connectivity index is 1.78. The van der Waals surface area contributed by atoms with Crippen molar-refractivity contribution in [3.8, 4) is 0 Å². The van der Waals surface area contributed by atoms with E-state index in [1.807, 2.05) is 0 Å². The van der Waals surface area contributed by atoms with Gasteiger partial charge >= 0.3 is 0 Å². The molecule has 15 heavy (non-hydrogen) atoms. The lowest BCUT2D eigenvalue weighted by Crippen LogP contribution is -2.32. The number of halogens is 1. The van der Waals surface area contributed by atoms with Crippen molar-refractivity contribution in [3.05, 3.63) is 0 Å². The highest BCUT2D eigenvalue weighted by Gasteiger charge is 2.28. The molecule has 0 amide bonds. The zero-order valence-corrected chi connectivity index (χ0v) is 9.77. The van der Waals surface area contributed by atoms with Crippen LogP contribution < -0.4 is 5.32 Å². The number of hydrogen-bond acceptors (Lipinski definition) is 2. The van der Waals surface area contributed by atoms with Gasteiger partial charge in [0.1, 0.15) is 5.67 Å². The molecule has 3 heteroatoms. The molecule has 0 spiro atoms. The van der Waals surface area contributed by atoms with Crippen molar-refractivity contribution in [2.75, 3.05) is 32.7 Å². The van der Waals surface area contributed by atoms with Gasteiger partial charge in [0.25, 0.3) is 0 Å². The molecule has 2 nitrogen and oxygen atoms in total. The molecule has 2 atom stereocenters. The van der Waals surface area contributed by atoms with Crippen molar-refractivity contribution in [2.45, 2.75) is 38.3 Å². The number of rotatable bonds is 2. The summed E-state index contributed by atoms with van der Waals surface area (Å²) in [6.45, 7) is 7.29. The standard InChI is InChI=1S/C12H23FN2/c1-12(13)4-2-7-15(8-5-12)10-11-3-6-14-9-11/h11,14H,2-10H2,1H3. The molecule has 2 aliphatic rings. The molecule has 0 radical (unpaired) electrons. The van der Waals surface area contributed by atoms with Gasteiger partial charge in [0.2, 0.25) is 0 Å². The molecule has 2 unspecified atom stereocenters. The highest BCUT2D eigenvalue weighted by molar-refractivity contribution is 4.82. The van der Waals surface area contributed by atoms with Gasteiger partial charge in [-0.3, -0.25) is 0 Å². The van der Waals surface area contributed by atoms with Crippen molar-refractivity contribution in [1.82, 2.24) is 10.2 Å². The van der Waals surface area contributed by atoms with E-state index in [-0.39, 0.29) is 0 Å². The quantitative estimate of drug-likeness (QED) is 0.754. The smallest absolute Gasteiger partial charge is 0.109 e. The summed E-state index contributed by atoms with van der Waals surface area (Å²) in [5.74, 6) is 0.800. The summed E-state index contributed by atoms with van der Waals surface area (Å²) >= 11 is 0. The predicted molar refractivity (Wildman–Crippen MR) is 60.8 cm³/mol. The number of hydrogen-bond donors (Lipinski definition) is 1.